The smallest absolute Gasteiger partial charge is 0.340 e. The lowest BCUT2D eigenvalue weighted by Gasteiger charge is -2.19. The molecule has 18 heavy (non-hydrogen) atoms. The van der Waals surface area contributed by atoms with Crippen LogP contribution < -0.4 is 5.73 Å². The Hall–Kier alpha value is -1.36. The van der Waals surface area contributed by atoms with Crippen molar-refractivity contribution in [3.8, 4) is 0 Å². The molecule has 0 fully saturated rings. The second-order valence-corrected chi connectivity index (χ2v) is 5.63. The zero-order valence-corrected chi connectivity index (χ0v) is 11.4. The van der Waals surface area contributed by atoms with Crippen LogP contribution in [0.25, 0.3) is 0 Å². The van der Waals surface area contributed by atoms with E-state index in [1.165, 1.54) is 11.3 Å². The molecule has 0 spiro atoms. The molecule has 0 radical (unpaired) electrons. The molecule has 1 aromatic rings. The minimum Gasteiger partial charge on any atom is -0.462 e. The Kier molecular flexibility index (Phi) is 3.71. The summed E-state index contributed by atoms with van der Waals surface area (Å²) in [6, 6.07) is 0. The van der Waals surface area contributed by atoms with Gasteiger partial charge in [0.2, 0.25) is 0 Å². The van der Waals surface area contributed by atoms with Crippen LogP contribution in [0.5, 0.6) is 0 Å². The predicted octanol–water partition coefficient (Wildman–Crippen LogP) is 2.46. The zero-order chi connectivity index (χ0) is 13.3. The number of hydrogen-bond acceptors (Lipinski definition) is 4. The van der Waals surface area contributed by atoms with Crippen LogP contribution in [0, 0.1) is 0 Å². The Morgan fingerprint density at radius 2 is 2.22 bits per heavy atom. The van der Waals surface area contributed by atoms with E-state index in [0.717, 1.165) is 29.7 Å². The number of amides is 1. The number of aryl methyl sites for hydroxylation is 1. The summed E-state index contributed by atoms with van der Waals surface area (Å²) in [7, 11) is 0. The Labute approximate surface area is 110 Å². The Balaban J connectivity index is 2.56. The van der Waals surface area contributed by atoms with Gasteiger partial charge >= 0.3 is 5.97 Å². The third-order valence-corrected chi connectivity index (χ3v) is 4.54. The van der Waals surface area contributed by atoms with Crippen LogP contribution in [0.3, 0.4) is 0 Å². The summed E-state index contributed by atoms with van der Waals surface area (Å²) >= 11 is 1.35. The number of carbonyl (C=O) groups excluding carboxylic acids is 2. The van der Waals surface area contributed by atoms with E-state index in [1.807, 2.05) is 0 Å². The Morgan fingerprint density at radius 3 is 2.83 bits per heavy atom. The fraction of sp³-hybridized carbons (Fsp3) is 0.538. The van der Waals surface area contributed by atoms with Gasteiger partial charge < -0.3 is 10.5 Å². The minimum atomic E-state index is -0.537. The van der Waals surface area contributed by atoms with E-state index in [4.69, 9.17) is 10.5 Å². The first-order chi connectivity index (χ1) is 8.56. The van der Waals surface area contributed by atoms with Crippen molar-refractivity contribution in [2.45, 2.75) is 39.0 Å². The summed E-state index contributed by atoms with van der Waals surface area (Å²) in [4.78, 5) is 25.0. The molecule has 1 heterocycles. The van der Waals surface area contributed by atoms with Crippen molar-refractivity contribution in [1.29, 1.82) is 0 Å². The lowest BCUT2D eigenvalue weighted by molar-refractivity contribution is 0.0522. The molecule has 2 N–H and O–H groups in total. The van der Waals surface area contributed by atoms with Gasteiger partial charge in [0.05, 0.1) is 12.2 Å². The van der Waals surface area contributed by atoms with Gasteiger partial charge in [0, 0.05) is 4.88 Å². The number of esters is 1. The van der Waals surface area contributed by atoms with Crippen molar-refractivity contribution < 1.29 is 14.3 Å². The van der Waals surface area contributed by atoms with Crippen molar-refractivity contribution in [1.82, 2.24) is 0 Å². The molecule has 0 saturated carbocycles. The first kappa shape index (κ1) is 13.1. The topological polar surface area (TPSA) is 69.4 Å². The highest BCUT2D eigenvalue weighted by Gasteiger charge is 2.31. The maximum absolute atomic E-state index is 12.0. The summed E-state index contributed by atoms with van der Waals surface area (Å²) in [5.74, 6) is -0.667. The normalized spacial score (nSPS) is 18.2. The predicted molar refractivity (Wildman–Crippen MR) is 70.1 cm³/mol. The van der Waals surface area contributed by atoms with E-state index in [0.29, 0.717) is 17.0 Å². The standard InChI is InChI=1S/C13H17NO3S/c1-3-17-13(16)10-9-7(2)5-4-6-8(9)18-11(10)12(14)15/h7H,3-6H2,1-2H3,(H2,14,15). The number of ether oxygens (including phenoxy) is 1. The van der Waals surface area contributed by atoms with Gasteiger partial charge in [-0.3, -0.25) is 4.79 Å². The third kappa shape index (κ3) is 2.14. The van der Waals surface area contributed by atoms with Crippen molar-refractivity contribution in [2.24, 2.45) is 5.73 Å². The molecule has 0 aliphatic heterocycles. The third-order valence-electron chi connectivity index (χ3n) is 3.26. The van der Waals surface area contributed by atoms with Gasteiger partial charge in [-0.05, 0) is 37.7 Å². The Bertz CT molecular complexity index is 493. The van der Waals surface area contributed by atoms with E-state index in [1.54, 1.807) is 6.92 Å². The van der Waals surface area contributed by atoms with Gasteiger partial charge in [-0.25, -0.2) is 4.79 Å². The monoisotopic (exact) mass is 267 g/mol. The number of nitrogens with two attached hydrogens (primary N) is 1. The minimum absolute atomic E-state index is 0.289. The quantitative estimate of drug-likeness (QED) is 0.855. The van der Waals surface area contributed by atoms with Crippen molar-refractivity contribution in [3.63, 3.8) is 0 Å². The lowest BCUT2D eigenvalue weighted by Crippen LogP contribution is -2.17. The van der Waals surface area contributed by atoms with E-state index >= 15 is 0 Å². The van der Waals surface area contributed by atoms with E-state index in [-0.39, 0.29) is 5.92 Å². The maximum atomic E-state index is 12.0. The molecule has 5 heteroatoms. The van der Waals surface area contributed by atoms with Gasteiger partial charge in [-0.1, -0.05) is 6.92 Å². The molecule has 98 valence electrons. The fourth-order valence-corrected chi connectivity index (χ4v) is 3.79. The number of primary amides is 1. The van der Waals surface area contributed by atoms with Crippen LogP contribution in [0.2, 0.25) is 0 Å². The van der Waals surface area contributed by atoms with Crippen LogP contribution in [-0.4, -0.2) is 18.5 Å². The molecule has 1 aliphatic carbocycles. The number of hydrogen-bond donors (Lipinski definition) is 1. The van der Waals surface area contributed by atoms with Gasteiger partial charge in [-0.2, -0.15) is 0 Å². The molecular weight excluding hydrogens is 250 g/mol. The van der Waals surface area contributed by atoms with Crippen LogP contribution in [0.15, 0.2) is 0 Å². The zero-order valence-electron chi connectivity index (χ0n) is 10.6. The van der Waals surface area contributed by atoms with Gasteiger partial charge in [-0.15, -0.1) is 11.3 Å². The molecule has 1 aliphatic rings. The summed E-state index contributed by atoms with van der Waals surface area (Å²) in [5.41, 5.74) is 6.77. The molecular formula is C13H17NO3S. The molecule has 1 amide bonds. The van der Waals surface area contributed by atoms with Crippen molar-refractivity contribution >= 4 is 23.2 Å². The second-order valence-electron chi connectivity index (χ2n) is 4.52. The van der Waals surface area contributed by atoms with Crippen molar-refractivity contribution in [3.05, 3.63) is 20.9 Å². The summed E-state index contributed by atoms with van der Waals surface area (Å²) in [5, 5.41) is 0. The molecule has 4 nitrogen and oxygen atoms in total. The van der Waals surface area contributed by atoms with Gasteiger partial charge in [0.25, 0.3) is 5.91 Å². The molecule has 2 rings (SSSR count). The molecule has 1 unspecified atom stereocenters. The molecule has 0 aromatic carbocycles. The van der Waals surface area contributed by atoms with Gasteiger partial charge in [0.1, 0.15) is 4.88 Å². The average Bonchev–Trinajstić information content (AvgIpc) is 2.70. The van der Waals surface area contributed by atoms with Crippen LogP contribution in [0.1, 0.15) is 63.1 Å². The lowest BCUT2D eigenvalue weighted by atomic mass is 9.86. The number of carbonyl (C=O) groups is 2. The van der Waals surface area contributed by atoms with Crippen molar-refractivity contribution in [2.75, 3.05) is 6.61 Å². The number of thiophene rings is 1. The van der Waals surface area contributed by atoms with E-state index in [2.05, 4.69) is 6.92 Å². The molecule has 1 aromatic heterocycles. The fourth-order valence-electron chi connectivity index (χ4n) is 2.49. The largest absolute Gasteiger partial charge is 0.462 e. The Morgan fingerprint density at radius 1 is 1.50 bits per heavy atom. The average molecular weight is 267 g/mol. The molecule has 0 bridgehead atoms. The summed E-state index contributed by atoms with van der Waals surface area (Å²) in [6.45, 7) is 4.14. The molecule has 1 atom stereocenters. The highest BCUT2D eigenvalue weighted by Crippen LogP contribution is 2.40. The second kappa shape index (κ2) is 5.10. The van der Waals surface area contributed by atoms with E-state index in [9.17, 15) is 9.59 Å². The van der Waals surface area contributed by atoms with Gasteiger partial charge in [0.15, 0.2) is 0 Å². The summed E-state index contributed by atoms with van der Waals surface area (Å²) in [6.07, 6.45) is 3.05. The molecule has 0 saturated heterocycles. The first-order valence-corrected chi connectivity index (χ1v) is 7.00. The van der Waals surface area contributed by atoms with Crippen LogP contribution >= 0.6 is 11.3 Å². The first-order valence-electron chi connectivity index (χ1n) is 6.18. The van der Waals surface area contributed by atoms with Crippen LogP contribution in [-0.2, 0) is 11.2 Å². The SMILES string of the molecule is CCOC(=O)c1c(C(N)=O)sc2c1C(C)CCC2. The van der Waals surface area contributed by atoms with Crippen LogP contribution in [0.4, 0.5) is 0 Å². The summed E-state index contributed by atoms with van der Waals surface area (Å²) < 4.78 is 5.05. The number of fused-ring (bicyclic) bond motifs is 1. The highest BCUT2D eigenvalue weighted by molar-refractivity contribution is 7.14. The number of rotatable bonds is 3. The maximum Gasteiger partial charge on any atom is 0.340 e. The highest BCUT2D eigenvalue weighted by atomic mass is 32.1. The van der Waals surface area contributed by atoms with E-state index < -0.39 is 11.9 Å².